The molecule has 0 spiro atoms. The Morgan fingerprint density at radius 1 is 1.25 bits per heavy atom. The second-order valence-corrected chi connectivity index (χ2v) is 6.53. The van der Waals surface area contributed by atoms with Crippen molar-refractivity contribution in [2.24, 2.45) is 5.73 Å². The molecule has 3 rings (SSSR count). The van der Waals surface area contributed by atoms with Gasteiger partial charge in [0.2, 0.25) is 0 Å². The molecule has 0 aromatic heterocycles. The zero-order valence-electron chi connectivity index (χ0n) is 11.6. The van der Waals surface area contributed by atoms with E-state index in [-0.39, 0.29) is 5.84 Å². The summed E-state index contributed by atoms with van der Waals surface area (Å²) in [6.07, 6.45) is 3.89. The van der Waals surface area contributed by atoms with Crippen LogP contribution in [0.4, 0.5) is 5.69 Å². The largest absolute Gasteiger partial charge is 0.384 e. The Kier molecular flexibility index (Phi) is 3.98. The fourth-order valence-corrected chi connectivity index (χ4v) is 3.98. The predicted molar refractivity (Wildman–Crippen MR) is 86.6 cm³/mol. The summed E-state index contributed by atoms with van der Waals surface area (Å²) in [5.41, 5.74) is 7.68. The van der Waals surface area contributed by atoms with Gasteiger partial charge in [0.25, 0.3) is 0 Å². The fourth-order valence-electron chi connectivity index (χ4n) is 3.41. The molecule has 2 saturated heterocycles. The van der Waals surface area contributed by atoms with Gasteiger partial charge in [-0.3, -0.25) is 10.3 Å². The molecule has 5 heteroatoms. The van der Waals surface area contributed by atoms with E-state index in [0.29, 0.717) is 6.04 Å². The Hall–Kier alpha value is -1.07. The molecule has 2 aliphatic heterocycles. The van der Waals surface area contributed by atoms with E-state index in [1.54, 1.807) is 0 Å². The number of nitrogen functional groups attached to an aromatic ring is 1. The summed E-state index contributed by atoms with van der Waals surface area (Å²) in [4.78, 5) is 5.00. The lowest BCUT2D eigenvalue weighted by atomic mass is 10.1. The molecule has 0 saturated carbocycles. The third-order valence-corrected chi connectivity index (χ3v) is 5.08. The zero-order valence-corrected chi connectivity index (χ0v) is 13.2. The average molecular weight is 337 g/mol. The molecule has 20 heavy (non-hydrogen) atoms. The standard InChI is InChI=1S/C15H21BrN4/c16-12-4-3-5-13(14(12)15(17)18)20-9-6-11(10-20)19-7-1-2-8-19/h3-5,11H,1-2,6-10H2,(H3,17,18). The molecule has 2 heterocycles. The van der Waals surface area contributed by atoms with Gasteiger partial charge in [-0.15, -0.1) is 0 Å². The molecule has 2 fully saturated rings. The highest BCUT2D eigenvalue weighted by molar-refractivity contribution is 9.10. The van der Waals surface area contributed by atoms with Crippen molar-refractivity contribution in [3.05, 3.63) is 28.2 Å². The van der Waals surface area contributed by atoms with Crippen molar-refractivity contribution >= 4 is 27.5 Å². The van der Waals surface area contributed by atoms with E-state index in [2.05, 4.69) is 31.8 Å². The molecule has 0 aliphatic carbocycles. The number of hydrogen-bond acceptors (Lipinski definition) is 3. The van der Waals surface area contributed by atoms with Crippen molar-refractivity contribution < 1.29 is 0 Å². The van der Waals surface area contributed by atoms with Crippen LogP contribution in [-0.4, -0.2) is 43.0 Å². The number of benzene rings is 1. The number of amidine groups is 1. The maximum atomic E-state index is 7.81. The van der Waals surface area contributed by atoms with Crippen molar-refractivity contribution in [2.45, 2.75) is 25.3 Å². The van der Waals surface area contributed by atoms with E-state index in [4.69, 9.17) is 11.1 Å². The predicted octanol–water partition coefficient (Wildman–Crippen LogP) is 2.41. The molecule has 1 unspecified atom stereocenters. The Bertz CT molecular complexity index is 511. The van der Waals surface area contributed by atoms with Crippen molar-refractivity contribution in [3.63, 3.8) is 0 Å². The summed E-state index contributed by atoms with van der Waals surface area (Å²) in [6.45, 7) is 4.60. The number of hydrogen-bond donors (Lipinski definition) is 2. The monoisotopic (exact) mass is 336 g/mol. The molecule has 3 N–H and O–H groups in total. The molecule has 0 bridgehead atoms. The Morgan fingerprint density at radius 3 is 2.70 bits per heavy atom. The first-order valence-electron chi connectivity index (χ1n) is 7.28. The molecule has 0 radical (unpaired) electrons. The second-order valence-electron chi connectivity index (χ2n) is 5.68. The molecule has 0 amide bonds. The lowest BCUT2D eigenvalue weighted by molar-refractivity contribution is 0.260. The molecule has 1 atom stereocenters. The Morgan fingerprint density at radius 2 is 2.00 bits per heavy atom. The van der Waals surface area contributed by atoms with Crippen LogP contribution in [0.15, 0.2) is 22.7 Å². The van der Waals surface area contributed by atoms with Gasteiger partial charge < -0.3 is 10.6 Å². The van der Waals surface area contributed by atoms with E-state index in [0.717, 1.165) is 28.8 Å². The van der Waals surface area contributed by atoms with E-state index in [9.17, 15) is 0 Å². The van der Waals surface area contributed by atoms with Crippen LogP contribution >= 0.6 is 15.9 Å². The van der Waals surface area contributed by atoms with Crippen LogP contribution in [0.5, 0.6) is 0 Å². The minimum Gasteiger partial charge on any atom is -0.384 e. The normalized spacial score (nSPS) is 23.4. The quantitative estimate of drug-likeness (QED) is 0.658. The van der Waals surface area contributed by atoms with Gasteiger partial charge in [-0.05, 0) is 60.4 Å². The summed E-state index contributed by atoms with van der Waals surface area (Å²) >= 11 is 3.52. The number of halogens is 1. The number of nitrogens with zero attached hydrogens (tertiary/aromatic N) is 2. The van der Waals surface area contributed by atoms with Gasteiger partial charge >= 0.3 is 0 Å². The lowest BCUT2D eigenvalue weighted by Gasteiger charge is -2.26. The van der Waals surface area contributed by atoms with Crippen molar-refractivity contribution in [1.29, 1.82) is 5.41 Å². The van der Waals surface area contributed by atoms with Gasteiger partial charge in [-0.25, -0.2) is 0 Å². The molecule has 4 nitrogen and oxygen atoms in total. The lowest BCUT2D eigenvalue weighted by Crippen LogP contribution is -2.35. The van der Waals surface area contributed by atoms with Crippen LogP contribution in [0.1, 0.15) is 24.8 Å². The fraction of sp³-hybridized carbons (Fsp3) is 0.533. The van der Waals surface area contributed by atoms with Gasteiger partial charge in [0.15, 0.2) is 0 Å². The van der Waals surface area contributed by atoms with Gasteiger partial charge in [-0.1, -0.05) is 6.07 Å². The van der Waals surface area contributed by atoms with Crippen LogP contribution < -0.4 is 10.6 Å². The summed E-state index contributed by atoms with van der Waals surface area (Å²) in [6, 6.07) is 6.72. The smallest absolute Gasteiger partial charge is 0.126 e. The van der Waals surface area contributed by atoms with Crippen LogP contribution in [-0.2, 0) is 0 Å². The number of likely N-dealkylation sites (tertiary alicyclic amines) is 1. The highest BCUT2D eigenvalue weighted by Crippen LogP contribution is 2.31. The van der Waals surface area contributed by atoms with Crippen LogP contribution in [0.2, 0.25) is 0 Å². The minimum atomic E-state index is 0.136. The zero-order chi connectivity index (χ0) is 14.1. The van der Waals surface area contributed by atoms with Gasteiger partial charge in [0.1, 0.15) is 5.84 Å². The highest BCUT2D eigenvalue weighted by atomic mass is 79.9. The number of anilines is 1. The summed E-state index contributed by atoms with van der Waals surface area (Å²) in [5, 5.41) is 7.81. The number of nitrogens with one attached hydrogen (secondary N) is 1. The summed E-state index contributed by atoms with van der Waals surface area (Å²) in [7, 11) is 0. The first kappa shape index (κ1) is 13.9. The van der Waals surface area contributed by atoms with Gasteiger partial charge in [0.05, 0.1) is 5.56 Å². The van der Waals surface area contributed by atoms with E-state index in [1.807, 2.05) is 12.1 Å². The first-order chi connectivity index (χ1) is 9.66. The first-order valence-corrected chi connectivity index (χ1v) is 8.08. The summed E-state index contributed by atoms with van der Waals surface area (Å²) < 4.78 is 0.909. The van der Waals surface area contributed by atoms with Crippen molar-refractivity contribution in [3.8, 4) is 0 Å². The van der Waals surface area contributed by atoms with Crippen LogP contribution in [0.25, 0.3) is 0 Å². The van der Waals surface area contributed by atoms with Gasteiger partial charge in [0, 0.05) is 29.3 Å². The average Bonchev–Trinajstić information content (AvgIpc) is 3.09. The molecular weight excluding hydrogens is 316 g/mol. The maximum Gasteiger partial charge on any atom is 0.126 e. The Balaban J connectivity index is 1.80. The number of nitrogens with two attached hydrogens (primary N) is 1. The molecule has 108 valence electrons. The van der Waals surface area contributed by atoms with E-state index >= 15 is 0 Å². The minimum absolute atomic E-state index is 0.136. The number of rotatable bonds is 3. The third-order valence-electron chi connectivity index (χ3n) is 4.42. The molecule has 2 aliphatic rings. The molecule has 1 aromatic carbocycles. The van der Waals surface area contributed by atoms with Crippen molar-refractivity contribution in [1.82, 2.24) is 4.90 Å². The summed E-state index contributed by atoms with van der Waals surface area (Å²) in [5.74, 6) is 0.136. The second kappa shape index (κ2) is 5.74. The van der Waals surface area contributed by atoms with Crippen LogP contribution in [0, 0.1) is 5.41 Å². The highest BCUT2D eigenvalue weighted by Gasteiger charge is 2.30. The van der Waals surface area contributed by atoms with E-state index < -0.39 is 0 Å². The SMILES string of the molecule is N=C(N)c1c(Br)cccc1N1CCC(N2CCCC2)C1. The Labute approximate surface area is 128 Å². The van der Waals surface area contributed by atoms with Gasteiger partial charge in [-0.2, -0.15) is 0 Å². The molecule has 1 aromatic rings. The third kappa shape index (κ3) is 2.56. The maximum absolute atomic E-state index is 7.81. The van der Waals surface area contributed by atoms with E-state index in [1.165, 1.54) is 32.4 Å². The topological polar surface area (TPSA) is 56.4 Å². The van der Waals surface area contributed by atoms with Crippen molar-refractivity contribution in [2.75, 3.05) is 31.1 Å². The van der Waals surface area contributed by atoms with Crippen LogP contribution in [0.3, 0.4) is 0 Å². The molecular formula is C15H21BrN4.